The Hall–Kier alpha value is -0.200. The summed E-state index contributed by atoms with van der Waals surface area (Å²) in [5, 5.41) is 0.457. The fourth-order valence-corrected chi connectivity index (χ4v) is 2.30. The van der Waals surface area contributed by atoms with E-state index in [1.807, 2.05) is 0 Å². The summed E-state index contributed by atoms with van der Waals surface area (Å²) in [6.45, 7) is 0. The molecule has 0 aliphatic rings. The molecule has 0 fully saturated rings. The highest BCUT2D eigenvalue weighted by Crippen LogP contribution is 2.40. The SMILES string of the molecule is O=C(CCBr)c1ccc(Cl)c(SC(F)(F)F)c1. The molecule has 0 aliphatic carbocycles. The fourth-order valence-electron chi connectivity index (χ4n) is 1.11. The van der Waals surface area contributed by atoms with E-state index in [9.17, 15) is 18.0 Å². The molecule has 0 aromatic heterocycles. The largest absolute Gasteiger partial charge is 0.446 e. The lowest BCUT2D eigenvalue weighted by molar-refractivity contribution is -0.0328. The highest BCUT2D eigenvalue weighted by atomic mass is 79.9. The van der Waals surface area contributed by atoms with Crippen LogP contribution < -0.4 is 0 Å². The summed E-state index contributed by atoms with van der Waals surface area (Å²) in [6.07, 6.45) is 0.234. The summed E-state index contributed by atoms with van der Waals surface area (Å²) in [7, 11) is 0. The van der Waals surface area contributed by atoms with Crippen molar-refractivity contribution in [3.63, 3.8) is 0 Å². The number of hydrogen-bond acceptors (Lipinski definition) is 2. The minimum absolute atomic E-state index is 0.0114. The van der Waals surface area contributed by atoms with Gasteiger partial charge in [0, 0.05) is 22.2 Å². The van der Waals surface area contributed by atoms with E-state index < -0.39 is 5.51 Å². The van der Waals surface area contributed by atoms with Crippen molar-refractivity contribution in [1.82, 2.24) is 0 Å². The van der Waals surface area contributed by atoms with Crippen molar-refractivity contribution in [3.8, 4) is 0 Å². The number of carbonyl (C=O) groups excluding carboxylic acids is 1. The van der Waals surface area contributed by atoms with E-state index in [-0.39, 0.29) is 39.4 Å². The Morgan fingerprint density at radius 2 is 2.06 bits per heavy atom. The molecule has 0 saturated heterocycles. The first-order chi connectivity index (χ1) is 7.83. The second-order valence-electron chi connectivity index (χ2n) is 3.06. The van der Waals surface area contributed by atoms with E-state index in [2.05, 4.69) is 15.9 Å². The molecule has 94 valence electrons. The van der Waals surface area contributed by atoms with Gasteiger partial charge in [0.1, 0.15) is 0 Å². The van der Waals surface area contributed by atoms with Crippen LogP contribution in [0.2, 0.25) is 5.02 Å². The van der Waals surface area contributed by atoms with Crippen LogP contribution in [-0.2, 0) is 0 Å². The quantitative estimate of drug-likeness (QED) is 0.437. The molecule has 1 rings (SSSR count). The normalized spacial score (nSPS) is 11.6. The van der Waals surface area contributed by atoms with Gasteiger partial charge in [-0.2, -0.15) is 13.2 Å². The number of alkyl halides is 4. The zero-order chi connectivity index (χ0) is 13.1. The van der Waals surface area contributed by atoms with Crippen molar-refractivity contribution >= 4 is 45.1 Å². The third-order valence-corrected chi connectivity index (χ3v) is 3.43. The Morgan fingerprint density at radius 1 is 1.41 bits per heavy atom. The molecule has 0 spiro atoms. The third-order valence-electron chi connectivity index (χ3n) is 1.80. The van der Waals surface area contributed by atoms with Crippen LogP contribution in [0.1, 0.15) is 16.8 Å². The first kappa shape index (κ1) is 14.9. The highest BCUT2D eigenvalue weighted by molar-refractivity contribution is 9.09. The molecule has 1 aromatic carbocycles. The van der Waals surface area contributed by atoms with E-state index in [1.165, 1.54) is 18.2 Å². The first-order valence-electron chi connectivity index (χ1n) is 4.48. The molecule has 1 aromatic rings. The van der Waals surface area contributed by atoms with Crippen molar-refractivity contribution in [2.45, 2.75) is 16.8 Å². The second-order valence-corrected chi connectivity index (χ2v) is 5.36. The van der Waals surface area contributed by atoms with Gasteiger partial charge < -0.3 is 0 Å². The third kappa shape index (κ3) is 4.89. The predicted octanol–water partition coefficient (Wildman–Crippen LogP) is 4.92. The molecule has 0 saturated carbocycles. The number of hydrogen-bond donors (Lipinski definition) is 0. The molecule has 0 aliphatic heterocycles. The van der Waals surface area contributed by atoms with Gasteiger partial charge in [-0.3, -0.25) is 4.79 Å². The van der Waals surface area contributed by atoms with Crippen LogP contribution in [0.25, 0.3) is 0 Å². The number of rotatable bonds is 4. The minimum Gasteiger partial charge on any atom is -0.294 e. The van der Waals surface area contributed by atoms with Crippen LogP contribution in [0.5, 0.6) is 0 Å². The van der Waals surface area contributed by atoms with Gasteiger partial charge in [-0.25, -0.2) is 0 Å². The van der Waals surface area contributed by atoms with Crippen LogP contribution in [0.4, 0.5) is 13.2 Å². The molecule has 0 N–H and O–H groups in total. The zero-order valence-corrected chi connectivity index (χ0v) is 11.5. The first-order valence-corrected chi connectivity index (χ1v) is 6.79. The molecule has 0 radical (unpaired) electrons. The van der Waals surface area contributed by atoms with Crippen LogP contribution in [0, 0.1) is 0 Å². The monoisotopic (exact) mass is 346 g/mol. The Labute approximate surface area is 114 Å². The summed E-state index contributed by atoms with van der Waals surface area (Å²) in [5.74, 6) is -0.220. The molecular weight excluding hydrogens is 341 g/mol. The predicted molar refractivity (Wildman–Crippen MR) is 66.1 cm³/mol. The van der Waals surface area contributed by atoms with Gasteiger partial charge in [0.15, 0.2) is 5.78 Å². The smallest absolute Gasteiger partial charge is 0.294 e. The molecular formula is C10H7BrClF3OS. The van der Waals surface area contributed by atoms with Gasteiger partial charge in [-0.05, 0) is 30.0 Å². The maximum absolute atomic E-state index is 12.2. The van der Waals surface area contributed by atoms with E-state index in [1.54, 1.807) is 0 Å². The van der Waals surface area contributed by atoms with Crippen molar-refractivity contribution in [2.24, 2.45) is 0 Å². The maximum Gasteiger partial charge on any atom is 0.446 e. The maximum atomic E-state index is 12.2. The molecule has 1 nitrogen and oxygen atoms in total. The van der Waals surface area contributed by atoms with Gasteiger partial charge in [-0.1, -0.05) is 27.5 Å². The van der Waals surface area contributed by atoms with Gasteiger partial charge in [0.05, 0.1) is 5.02 Å². The molecule has 0 heterocycles. The van der Waals surface area contributed by atoms with Crippen molar-refractivity contribution < 1.29 is 18.0 Å². The molecule has 0 amide bonds. The number of thioether (sulfide) groups is 1. The number of ketones is 1. The van der Waals surface area contributed by atoms with Gasteiger partial charge in [0.2, 0.25) is 0 Å². The summed E-state index contributed by atoms with van der Waals surface area (Å²) < 4.78 is 36.6. The molecule has 7 heteroatoms. The standard InChI is InChI=1S/C10H7BrClF3OS/c11-4-3-8(16)6-1-2-7(12)9(5-6)17-10(13,14)15/h1-2,5H,3-4H2. The summed E-state index contributed by atoms with van der Waals surface area (Å²) >= 11 is 8.42. The second kappa shape index (κ2) is 6.11. The van der Waals surface area contributed by atoms with Crippen LogP contribution >= 0.6 is 39.3 Å². The summed E-state index contributed by atoms with van der Waals surface area (Å²) in [6, 6.07) is 3.90. The van der Waals surface area contributed by atoms with Gasteiger partial charge in [-0.15, -0.1) is 0 Å². The Kier molecular flexibility index (Phi) is 5.34. The van der Waals surface area contributed by atoms with Crippen molar-refractivity contribution in [3.05, 3.63) is 28.8 Å². The molecule has 17 heavy (non-hydrogen) atoms. The Bertz CT molecular complexity index is 423. The lowest BCUT2D eigenvalue weighted by atomic mass is 10.1. The highest BCUT2D eigenvalue weighted by Gasteiger charge is 2.30. The Morgan fingerprint density at radius 3 is 2.59 bits per heavy atom. The van der Waals surface area contributed by atoms with Gasteiger partial charge >= 0.3 is 5.51 Å². The van der Waals surface area contributed by atoms with Gasteiger partial charge in [0.25, 0.3) is 0 Å². The van der Waals surface area contributed by atoms with Crippen LogP contribution in [-0.4, -0.2) is 16.6 Å². The molecule has 0 atom stereocenters. The number of halogens is 5. The Balaban J connectivity index is 2.98. The number of benzene rings is 1. The fraction of sp³-hybridized carbons (Fsp3) is 0.300. The number of Topliss-reactive ketones (excluding diaryl/α,β-unsaturated/α-hetero) is 1. The van der Waals surface area contributed by atoms with E-state index in [0.29, 0.717) is 5.33 Å². The topological polar surface area (TPSA) is 17.1 Å². The summed E-state index contributed by atoms with van der Waals surface area (Å²) in [4.78, 5) is 11.4. The molecule has 0 bridgehead atoms. The summed E-state index contributed by atoms with van der Waals surface area (Å²) in [5.41, 5.74) is -4.18. The van der Waals surface area contributed by atoms with E-state index in [4.69, 9.17) is 11.6 Å². The zero-order valence-electron chi connectivity index (χ0n) is 8.35. The lowest BCUT2D eigenvalue weighted by Crippen LogP contribution is -2.02. The lowest BCUT2D eigenvalue weighted by Gasteiger charge is -2.08. The van der Waals surface area contributed by atoms with E-state index in [0.717, 1.165) is 0 Å². The van der Waals surface area contributed by atoms with E-state index >= 15 is 0 Å². The minimum atomic E-state index is -4.42. The van der Waals surface area contributed by atoms with Crippen molar-refractivity contribution in [1.29, 1.82) is 0 Å². The van der Waals surface area contributed by atoms with Crippen molar-refractivity contribution in [2.75, 3.05) is 5.33 Å². The average Bonchev–Trinajstić information content (AvgIpc) is 2.19. The average molecular weight is 348 g/mol. The molecule has 0 unspecified atom stereocenters. The van der Waals surface area contributed by atoms with Crippen LogP contribution in [0.3, 0.4) is 0 Å². The number of carbonyl (C=O) groups is 1. The van der Waals surface area contributed by atoms with Crippen LogP contribution in [0.15, 0.2) is 23.1 Å².